The van der Waals surface area contributed by atoms with Crippen LogP contribution < -0.4 is 0 Å². The molecule has 0 amide bonds. The zero-order valence-electron chi connectivity index (χ0n) is 3.63. The summed E-state index contributed by atoms with van der Waals surface area (Å²) in [6.07, 6.45) is 4.62. The van der Waals surface area contributed by atoms with Crippen molar-refractivity contribution in [3.05, 3.63) is 0 Å². The van der Waals surface area contributed by atoms with E-state index in [0.717, 1.165) is 0 Å². The Morgan fingerprint density at radius 1 is 1.43 bits per heavy atom. The molecule has 7 heavy (non-hydrogen) atoms. The predicted molar refractivity (Wildman–Crippen MR) is 26.1 cm³/mol. The maximum atomic E-state index is 8.13. The van der Waals surface area contributed by atoms with Crippen LogP contribution in [-0.4, -0.2) is 23.2 Å². The Bertz CT molecular complexity index is 87.3. The summed E-state index contributed by atoms with van der Waals surface area (Å²) >= 11 is 0. The van der Waals surface area contributed by atoms with E-state index in [-0.39, 0.29) is 6.04 Å². The molecule has 0 aliphatic rings. The Morgan fingerprint density at radius 3 is 1.86 bits per heavy atom. The van der Waals surface area contributed by atoms with Gasteiger partial charge < -0.3 is 14.4 Å². The number of rotatable bonds is 1. The van der Waals surface area contributed by atoms with E-state index in [0.29, 0.717) is 0 Å². The average molecular weight is 118 g/mol. The Hall–Kier alpha value is -0.343. The highest BCUT2D eigenvalue weighted by Gasteiger charge is 2.24. The zero-order chi connectivity index (χ0) is 5.91. The summed E-state index contributed by atoms with van der Waals surface area (Å²) in [4.78, 5) is 24.4. The predicted octanol–water partition coefficient (Wildman–Crippen LogP) is -1.46. The van der Waals surface area contributed by atoms with Gasteiger partial charge in [-0.1, -0.05) is 0 Å². The molecule has 0 rings (SSSR count). The molecular formula is C3H6O3Si. The molecule has 0 saturated carbocycles. The van der Waals surface area contributed by atoms with Gasteiger partial charge in [-0.3, -0.25) is 0 Å². The van der Waals surface area contributed by atoms with Gasteiger partial charge in [-0.2, -0.15) is 0 Å². The molecule has 0 saturated heterocycles. The smallest absolute Gasteiger partial charge is 0.389 e. The molecule has 0 heterocycles. The van der Waals surface area contributed by atoms with Crippen molar-refractivity contribution in [2.75, 3.05) is 0 Å². The van der Waals surface area contributed by atoms with Gasteiger partial charge in [0.15, 0.2) is 0 Å². The van der Waals surface area contributed by atoms with Crippen molar-refractivity contribution in [2.24, 2.45) is 0 Å². The molecule has 0 radical (unpaired) electrons. The van der Waals surface area contributed by atoms with E-state index in [1.165, 1.54) is 0 Å². The van der Waals surface area contributed by atoms with Gasteiger partial charge in [0, 0.05) is 0 Å². The Balaban J connectivity index is 3.40. The van der Waals surface area contributed by atoms with Crippen LogP contribution in [0.1, 0.15) is 0 Å². The topological polar surface area (TPSA) is 60.7 Å². The molecule has 40 valence electrons. The summed E-state index contributed by atoms with van der Waals surface area (Å²) in [5.74, 6) is 1.92. The van der Waals surface area contributed by atoms with Crippen molar-refractivity contribution in [1.29, 1.82) is 0 Å². The van der Waals surface area contributed by atoms with Crippen LogP contribution in [0.2, 0.25) is 6.04 Å². The summed E-state index contributed by atoms with van der Waals surface area (Å²) in [5, 5.41) is 0. The van der Waals surface area contributed by atoms with Crippen molar-refractivity contribution < 1.29 is 14.4 Å². The Kier molecular flexibility index (Phi) is 1.99. The third-order valence-corrected chi connectivity index (χ3v) is 1.02. The second kappa shape index (κ2) is 2.09. The first-order chi connectivity index (χ1) is 3.06. The summed E-state index contributed by atoms with van der Waals surface area (Å²) in [7, 11) is -3.89. The largest absolute Gasteiger partial charge is 0.505 e. The first-order valence-electron chi connectivity index (χ1n) is 1.67. The Morgan fingerprint density at radius 2 is 1.86 bits per heavy atom. The van der Waals surface area contributed by atoms with Gasteiger partial charge in [0.25, 0.3) is 0 Å². The number of hydrogen-bond acceptors (Lipinski definition) is 3. The molecule has 0 unspecified atom stereocenters. The fourth-order valence-electron chi connectivity index (χ4n) is 0.137. The van der Waals surface area contributed by atoms with Crippen molar-refractivity contribution in [2.45, 2.75) is 6.04 Å². The molecule has 0 aromatic carbocycles. The Labute approximate surface area is 42.6 Å². The van der Waals surface area contributed by atoms with Crippen molar-refractivity contribution in [1.82, 2.24) is 0 Å². The highest BCUT2D eigenvalue weighted by molar-refractivity contribution is 6.56. The monoisotopic (exact) mass is 118 g/mol. The average Bonchev–Trinajstić information content (AvgIpc) is 1.30. The lowest BCUT2D eigenvalue weighted by molar-refractivity contribution is 0.234. The number of hydrogen-bond donors (Lipinski definition) is 3. The van der Waals surface area contributed by atoms with Gasteiger partial charge in [0.1, 0.15) is 0 Å². The molecule has 0 aromatic heterocycles. The number of terminal acetylenes is 1. The van der Waals surface area contributed by atoms with Crippen LogP contribution in [0.15, 0.2) is 0 Å². The summed E-state index contributed by atoms with van der Waals surface area (Å²) in [5.41, 5.74) is 0. The van der Waals surface area contributed by atoms with Gasteiger partial charge in [-0.05, 0) is 0 Å². The molecule has 3 N–H and O–H groups in total. The molecule has 0 aliphatic heterocycles. The van der Waals surface area contributed by atoms with E-state index >= 15 is 0 Å². The normalized spacial score (nSPS) is 10.6. The molecule has 3 nitrogen and oxygen atoms in total. The molecule has 0 aliphatic carbocycles. The third kappa shape index (κ3) is 5.66. The van der Waals surface area contributed by atoms with Crippen molar-refractivity contribution in [3.8, 4) is 12.3 Å². The standard InChI is InChI=1S/C3H6O3Si/c1-2-3-7(4,5)6/h1,4-6H,3H2. The first kappa shape index (κ1) is 6.66. The van der Waals surface area contributed by atoms with E-state index in [1.54, 1.807) is 0 Å². The second-order valence-electron chi connectivity index (χ2n) is 1.16. The maximum Gasteiger partial charge on any atom is 0.505 e. The van der Waals surface area contributed by atoms with Gasteiger partial charge in [0.05, 0.1) is 6.04 Å². The third-order valence-electron chi connectivity index (χ3n) is 0.339. The van der Waals surface area contributed by atoms with Crippen LogP contribution in [0, 0.1) is 12.3 Å². The van der Waals surface area contributed by atoms with E-state index in [4.69, 9.17) is 14.4 Å². The second-order valence-corrected chi connectivity index (χ2v) is 3.06. The van der Waals surface area contributed by atoms with Crippen LogP contribution >= 0.6 is 0 Å². The fraction of sp³-hybridized carbons (Fsp3) is 0.333. The lowest BCUT2D eigenvalue weighted by Crippen LogP contribution is -2.33. The molecule has 4 heteroatoms. The highest BCUT2D eigenvalue weighted by atomic mass is 28.4. The lowest BCUT2D eigenvalue weighted by atomic mass is 10.8. The molecule has 0 bridgehead atoms. The van der Waals surface area contributed by atoms with Gasteiger partial charge in [-0.25, -0.2) is 0 Å². The quantitative estimate of drug-likeness (QED) is 0.291. The summed E-state index contributed by atoms with van der Waals surface area (Å²) < 4.78 is 0. The van der Waals surface area contributed by atoms with Crippen LogP contribution in [0.5, 0.6) is 0 Å². The van der Waals surface area contributed by atoms with E-state index in [1.807, 2.05) is 5.92 Å². The molecule has 0 atom stereocenters. The van der Waals surface area contributed by atoms with Gasteiger partial charge >= 0.3 is 8.80 Å². The molecule has 0 spiro atoms. The van der Waals surface area contributed by atoms with Crippen LogP contribution in [0.25, 0.3) is 0 Å². The molecule has 0 aromatic rings. The summed E-state index contributed by atoms with van der Waals surface area (Å²) in [6.45, 7) is 0. The minimum absolute atomic E-state index is 0.326. The highest BCUT2D eigenvalue weighted by Crippen LogP contribution is 1.90. The minimum atomic E-state index is -3.89. The van der Waals surface area contributed by atoms with Crippen LogP contribution in [-0.2, 0) is 0 Å². The van der Waals surface area contributed by atoms with Crippen LogP contribution in [0.4, 0.5) is 0 Å². The van der Waals surface area contributed by atoms with Gasteiger partial charge in [-0.15, -0.1) is 12.3 Å². The van der Waals surface area contributed by atoms with Gasteiger partial charge in [0.2, 0.25) is 0 Å². The molecule has 0 fully saturated rings. The zero-order valence-corrected chi connectivity index (χ0v) is 4.63. The summed E-state index contributed by atoms with van der Waals surface area (Å²) in [6, 6.07) is -0.326. The minimum Gasteiger partial charge on any atom is -0.389 e. The van der Waals surface area contributed by atoms with Crippen molar-refractivity contribution in [3.63, 3.8) is 0 Å². The van der Waals surface area contributed by atoms with E-state index < -0.39 is 8.80 Å². The van der Waals surface area contributed by atoms with E-state index in [9.17, 15) is 0 Å². The first-order valence-corrected chi connectivity index (χ1v) is 3.72. The lowest BCUT2D eigenvalue weighted by Gasteiger charge is -2.01. The fourth-order valence-corrected chi connectivity index (χ4v) is 0.411. The maximum absolute atomic E-state index is 8.13. The van der Waals surface area contributed by atoms with Crippen molar-refractivity contribution >= 4 is 8.80 Å². The SMILES string of the molecule is C#CC[Si](O)(O)O. The van der Waals surface area contributed by atoms with Crippen LogP contribution in [0.3, 0.4) is 0 Å². The van der Waals surface area contributed by atoms with E-state index in [2.05, 4.69) is 6.42 Å². The molecular weight excluding hydrogens is 112 g/mol.